The van der Waals surface area contributed by atoms with E-state index in [1.165, 1.54) is 6.07 Å². The topological polar surface area (TPSA) is 50.7 Å². The van der Waals surface area contributed by atoms with Gasteiger partial charge >= 0.3 is 0 Å². The molecule has 2 heterocycles. The number of hydrogen-bond acceptors (Lipinski definition) is 4. The number of nitrogens with zero attached hydrogens (tertiary/aromatic N) is 3. The summed E-state index contributed by atoms with van der Waals surface area (Å²) in [6, 6.07) is 2.56. The van der Waals surface area contributed by atoms with Crippen LogP contribution in [0.3, 0.4) is 0 Å². The van der Waals surface area contributed by atoms with Crippen molar-refractivity contribution < 1.29 is 4.39 Å². The van der Waals surface area contributed by atoms with Crippen LogP contribution in [0.1, 0.15) is 17.4 Å². The lowest BCUT2D eigenvalue weighted by molar-refractivity contribution is 0.553. The van der Waals surface area contributed by atoms with Crippen molar-refractivity contribution in [1.29, 1.82) is 0 Å². The maximum atomic E-state index is 13.6. The van der Waals surface area contributed by atoms with Gasteiger partial charge in [0.05, 0.1) is 23.6 Å². The zero-order valence-corrected chi connectivity index (χ0v) is 8.76. The number of aromatic nitrogens is 3. The molecular formula is C11H11FN4. The molecule has 1 atom stereocenters. The van der Waals surface area contributed by atoms with Crippen LogP contribution in [0.5, 0.6) is 0 Å². The molecular weight excluding hydrogens is 207 g/mol. The Morgan fingerprint density at radius 2 is 2.12 bits per heavy atom. The van der Waals surface area contributed by atoms with E-state index in [4.69, 9.17) is 0 Å². The van der Waals surface area contributed by atoms with Crippen molar-refractivity contribution in [1.82, 2.24) is 20.3 Å². The number of nitrogens with one attached hydrogen (secondary N) is 1. The number of rotatable bonds is 3. The van der Waals surface area contributed by atoms with E-state index < -0.39 is 0 Å². The highest BCUT2D eigenvalue weighted by molar-refractivity contribution is 5.21. The van der Waals surface area contributed by atoms with E-state index in [1.807, 2.05) is 0 Å². The Labute approximate surface area is 92.6 Å². The molecule has 82 valence electrons. The van der Waals surface area contributed by atoms with Gasteiger partial charge in [-0.3, -0.25) is 15.0 Å². The molecule has 2 aromatic heterocycles. The van der Waals surface area contributed by atoms with Gasteiger partial charge in [0.15, 0.2) is 0 Å². The summed E-state index contributed by atoms with van der Waals surface area (Å²) in [6.45, 7) is 0. The van der Waals surface area contributed by atoms with Crippen LogP contribution in [0.4, 0.5) is 4.39 Å². The first kappa shape index (κ1) is 10.6. The third kappa shape index (κ3) is 2.04. The van der Waals surface area contributed by atoms with Crippen LogP contribution < -0.4 is 5.32 Å². The lowest BCUT2D eigenvalue weighted by Gasteiger charge is -2.14. The van der Waals surface area contributed by atoms with Crippen molar-refractivity contribution in [3.05, 3.63) is 54.1 Å². The first-order chi connectivity index (χ1) is 7.83. The molecule has 0 aliphatic heterocycles. The monoisotopic (exact) mass is 218 g/mol. The van der Waals surface area contributed by atoms with Gasteiger partial charge in [0.2, 0.25) is 0 Å². The van der Waals surface area contributed by atoms with Gasteiger partial charge < -0.3 is 5.32 Å². The molecule has 0 fully saturated rings. The van der Waals surface area contributed by atoms with Gasteiger partial charge in [-0.2, -0.15) is 0 Å². The molecule has 1 N–H and O–H groups in total. The summed E-state index contributed by atoms with van der Waals surface area (Å²) in [6.07, 6.45) is 6.29. The highest BCUT2D eigenvalue weighted by Gasteiger charge is 2.18. The van der Waals surface area contributed by atoms with Gasteiger partial charge in [0.1, 0.15) is 5.82 Å². The summed E-state index contributed by atoms with van der Waals surface area (Å²) < 4.78 is 13.6. The minimum Gasteiger partial charge on any atom is -0.307 e. The third-order valence-electron chi connectivity index (χ3n) is 2.23. The van der Waals surface area contributed by atoms with E-state index in [0.717, 1.165) is 0 Å². The summed E-state index contributed by atoms with van der Waals surface area (Å²) in [7, 11) is 1.73. The number of hydrogen-bond donors (Lipinski definition) is 1. The van der Waals surface area contributed by atoms with Crippen LogP contribution in [-0.2, 0) is 0 Å². The summed E-state index contributed by atoms with van der Waals surface area (Å²) in [5, 5.41) is 2.97. The Bertz CT molecular complexity index is 461. The second-order valence-electron chi connectivity index (χ2n) is 3.22. The highest BCUT2D eigenvalue weighted by Crippen LogP contribution is 2.19. The van der Waals surface area contributed by atoms with E-state index in [0.29, 0.717) is 11.4 Å². The lowest BCUT2D eigenvalue weighted by Crippen LogP contribution is -2.21. The number of halogens is 1. The van der Waals surface area contributed by atoms with Crippen LogP contribution in [-0.4, -0.2) is 22.0 Å². The molecule has 5 heteroatoms. The Hall–Kier alpha value is -1.88. The van der Waals surface area contributed by atoms with Crippen molar-refractivity contribution in [3.8, 4) is 0 Å². The highest BCUT2D eigenvalue weighted by atomic mass is 19.1. The second kappa shape index (κ2) is 4.76. The summed E-state index contributed by atoms with van der Waals surface area (Å²) in [5.74, 6) is -0.354. The Morgan fingerprint density at radius 1 is 1.25 bits per heavy atom. The second-order valence-corrected chi connectivity index (χ2v) is 3.22. The molecule has 0 aliphatic rings. The van der Waals surface area contributed by atoms with Crippen molar-refractivity contribution in [2.75, 3.05) is 7.05 Å². The molecule has 0 bridgehead atoms. The number of pyridine rings is 1. The summed E-state index contributed by atoms with van der Waals surface area (Å²) >= 11 is 0. The smallest absolute Gasteiger partial charge is 0.146 e. The molecule has 0 radical (unpaired) electrons. The Morgan fingerprint density at radius 3 is 2.75 bits per heavy atom. The molecule has 0 saturated carbocycles. The summed E-state index contributed by atoms with van der Waals surface area (Å²) in [4.78, 5) is 12.1. The largest absolute Gasteiger partial charge is 0.307 e. The van der Waals surface area contributed by atoms with Gasteiger partial charge in [-0.25, -0.2) is 4.39 Å². The fourth-order valence-corrected chi connectivity index (χ4v) is 1.49. The normalized spacial score (nSPS) is 12.4. The summed E-state index contributed by atoms with van der Waals surface area (Å²) in [5.41, 5.74) is 0.966. The zero-order valence-electron chi connectivity index (χ0n) is 8.76. The van der Waals surface area contributed by atoms with Crippen LogP contribution in [0, 0.1) is 5.82 Å². The van der Waals surface area contributed by atoms with Gasteiger partial charge in [0, 0.05) is 18.6 Å². The fourth-order valence-electron chi connectivity index (χ4n) is 1.49. The molecule has 0 amide bonds. The van der Waals surface area contributed by atoms with Gasteiger partial charge in [-0.05, 0) is 19.2 Å². The molecule has 0 saturated heterocycles. The molecule has 1 unspecified atom stereocenters. The minimum atomic E-state index is -0.380. The molecule has 0 aliphatic carbocycles. The maximum absolute atomic E-state index is 13.6. The van der Waals surface area contributed by atoms with E-state index in [1.54, 1.807) is 37.9 Å². The SMILES string of the molecule is CNC(c1cnccn1)c1ncccc1F. The van der Waals surface area contributed by atoms with Crippen LogP contribution in [0.25, 0.3) is 0 Å². The van der Waals surface area contributed by atoms with Crippen molar-refractivity contribution in [2.24, 2.45) is 0 Å². The molecule has 4 nitrogen and oxygen atoms in total. The third-order valence-corrected chi connectivity index (χ3v) is 2.23. The van der Waals surface area contributed by atoms with Crippen LogP contribution >= 0.6 is 0 Å². The zero-order chi connectivity index (χ0) is 11.4. The maximum Gasteiger partial charge on any atom is 0.146 e. The van der Waals surface area contributed by atoms with Gasteiger partial charge in [-0.15, -0.1) is 0 Å². The standard InChI is InChI=1S/C11H11FN4/c1-13-11(9-7-14-5-6-15-9)10-8(12)3-2-4-16-10/h2-7,11,13H,1H3. The van der Waals surface area contributed by atoms with E-state index in [2.05, 4.69) is 20.3 Å². The molecule has 2 aromatic rings. The van der Waals surface area contributed by atoms with Crippen molar-refractivity contribution >= 4 is 0 Å². The quantitative estimate of drug-likeness (QED) is 0.844. The minimum absolute atomic E-state index is 0.325. The fraction of sp³-hybridized carbons (Fsp3) is 0.182. The molecule has 0 spiro atoms. The van der Waals surface area contributed by atoms with Crippen molar-refractivity contribution in [2.45, 2.75) is 6.04 Å². The van der Waals surface area contributed by atoms with Crippen LogP contribution in [0.2, 0.25) is 0 Å². The average molecular weight is 218 g/mol. The lowest BCUT2D eigenvalue weighted by atomic mass is 10.1. The average Bonchev–Trinajstić information content (AvgIpc) is 2.34. The van der Waals surface area contributed by atoms with Gasteiger partial charge in [-0.1, -0.05) is 0 Å². The predicted octanol–water partition coefficient (Wildman–Crippen LogP) is 1.32. The molecule has 16 heavy (non-hydrogen) atoms. The van der Waals surface area contributed by atoms with Crippen molar-refractivity contribution in [3.63, 3.8) is 0 Å². The Balaban J connectivity index is 2.41. The van der Waals surface area contributed by atoms with Gasteiger partial charge in [0.25, 0.3) is 0 Å². The van der Waals surface area contributed by atoms with E-state index in [-0.39, 0.29) is 11.9 Å². The molecule has 2 rings (SSSR count). The Kier molecular flexibility index (Phi) is 3.16. The molecule has 0 aromatic carbocycles. The van der Waals surface area contributed by atoms with E-state index >= 15 is 0 Å². The van der Waals surface area contributed by atoms with Crippen LogP contribution in [0.15, 0.2) is 36.9 Å². The predicted molar refractivity (Wildman–Crippen MR) is 57.1 cm³/mol. The first-order valence-electron chi connectivity index (χ1n) is 4.86. The van der Waals surface area contributed by atoms with E-state index in [9.17, 15) is 4.39 Å². The first-order valence-corrected chi connectivity index (χ1v) is 4.86.